The van der Waals surface area contributed by atoms with Crippen molar-refractivity contribution in [3.05, 3.63) is 47.0 Å². The van der Waals surface area contributed by atoms with Crippen LogP contribution in [0.1, 0.15) is 48.6 Å². The number of benzene rings is 1. The second-order valence-electron chi connectivity index (χ2n) is 6.25. The highest BCUT2D eigenvalue weighted by Gasteiger charge is 2.26. The molecule has 0 amide bonds. The number of aromatic nitrogens is 3. The van der Waals surface area contributed by atoms with Crippen LogP contribution < -0.4 is 0 Å². The first-order valence-electron chi connectivity index (χ1n) is 8.06. The summed E-state index contributed by atoms with van der Waals surface area (Å²) in [6, 6.07) is 9.14. The fourth-order valence-corrected chi connectivity index (χ4v) is 3.68. The van der Waals surface area contributed by atoms with Gasteiger partial charge in [-0.25, -0.2) is 0 Å². The maximum absolute atomic E-state index is 4.53. The highest BCUT2D eigenvalue weighted by Crippen LogP contribution is 2.27. The van der Waals surface area contributed by atoms with Crippen molar-refractivity contribution < 1.29 is 0 Å². The van der Waals surface area contributed by atoms with E-state index in [1.165, 1.54) is 37.1 Å². The van der Waals surface area contributed by atoms with Gasteiger partial charge < -0.3 is 4.57 Å². The molecule has 2 aliphatic heterocycles. The lowest BCUT2D eigenvalue weighted by atomic mass is 10.0. The van der Waals surface area contributed by atoms with Crippen LogP contribution in [-0.4, -0.2) is 32.8 Å². The van der Waals surface area contributed by atoms with Crippen molar-refractivity contribution >= 4 is 0 Å². The van der Waals surface area contributed by atoms with Gasteiger partial charge in [0, 0.05) is 6.42 Å². The molecule has 0 spiro atoms. The Hall–Kier alpha value is -1.68. The van der Waals surface area contributed by atoms with Crippen LogP contribution in [0, 0.1) is 0 Å². The first-order valence-corrected chi connectivity index (χ1v) is 8.06. The number of hydrogen-bond acceptors (Lipinski definition) is 3. The normalized spacial score (nSPS) is 19.9. The SMILES string of the molecule is CC(c1nnc2n1Cc1ccccc1CC2)N1CCCC1. The van der Waals surface area contributed by atoms with Gasteiger partial charge in [0.25, 0.3) is 0 Å². The van der Waals surface area contributed by atoms with Gasteiger partial charge >= 0.3 is 0 Å². The predicted molar refractivity (Wildman–Crippen MR) is 82.2 cm³/mol. The Kier molecular flexibility index (Phi) is 3.26. The van der Waals surface area contributed by atoms with Crippen LogP contribution in [0.3, 0.4) is 0 Å². The van der Waals surface area contributed by atoms with Gasteiger partial charge in [-0.2, -0.15) is 0 Å². The third-order valence-corrected chi connectivity index (χ3v) is 4.98. The lowest BCUT2D eigenvalue weighted by Crippen LogP contribution is -2.26. The molecule has 1 atom stereocenters. The zero-order valence-corrected chi connectivity index (χ0v) is 12.6. The zero-order chi connectivity index (χ0) is 14.2. The zero-order valence-electron chi connectivity index (χ0n) is 12.6. The first-order chi connectivity index (χ1) is 10.3. The summed E-state index contributed by atoms with van der Waals surface area (Å²) < 4.78 is 2.36. The molecule has 1 aromatic carbocycles. The van der Waals surface area contributed by atoms with Gasteiger partial charge in [-0.05, 0) is 50.4 Å². The molecule has 4 heteroatoms. The van der Waals surface area contributed by atoms with Crippen molar-refractivity contribution in [2.24, 2.45) is 0 Å². The minimum atomic E-state index is 0.374. The summed E-state index contributed by atoms with van der Waals surface area (Å²) in [6.07, 6.45) is 4.70. The maximum Gasteiger partial charge on any atom is 0.150 e. The molecule has 1 fully saturated rings. The Bertz CT molecular complexity index is 640. The standard InChI is InChI=1S/C17H22N4/c1-13(20-10-4-5-11-20)17-19-18-16-9-8-14-6-2-3-7-15(14)12-21(16)17/h2-3,6-7,13H,4-5,8-12H2,1H3. The van der Waals surface area contributed by atoms with Gasteiger partial charge in [0.15, 0.2) is 0 Å². The molecule has 0 bridgehead atoms. The molecule has 0 radical (unpaired) electrons. The summed E-state index contributed by atoms with van der Waals surface area (Å²) in [4.78, 5) is 2.54. The number of hydrogen-bond donors (Lipinski definition) is 0. The van der Waals surface area contributed by atoms with Gasteiger partial charge in [-0.1, -0.05) is 24.3 Å². The molecule has 4 nitrogen and oxygen atoms in total. The predicted octanol–water partition coefficient (Wildman–Crippen LogP) is 2.58. The van der Waals surface area contributed by atoms with Gasteiger partial charge in [0.1, 0.15) is 11.6 Å². The molecule has 1 saturated heterocycles. The minimum Gasteiger partial charge on any atom is -0.309 e. The number of fused-ring (bicyclic) bond motifs is 2. The van der Waals surface area contributed by atoms with Crippen LogP contribution in [0.15, 0.2) is 24.3 Å². The van der Waals surface area contributed by atoms with E-state index in [0.29, 0.717) is 6.04 Å². The first kappa shape index (κ1) is 13.0. The van der Waals surface area contributed by atoms with Crippen LogP contribution in [0.25, 0.3) is 0 Å². The van der Waals surface area contributed by atoms with Crippen LogP contribution in [0.4, 0.5) is 0 Å². The Morgan fingerprint density at radius 2 is 1.76 bits per heavy atom. The lowest BCUT2D eigenvalue weighted by molar-refractivity contribution is 0.248. The van der Waals surface area contributed by atoms with E-state index in [9.17, 15) is 0 Å². The summed E-state index contributed by atoms with van der Waals surface area (Å²) in [6.45, 7) is 5.59. The van der Waals surface area contributed by atoms with Gasteiger partial charge in [0.2, 0.25) is 0 Å². The highest BCUT2D eigenvalue weighted by atomic mass is 15.3. The fourth-order valence-electron chi connectivity index (χ4n) is 3.68. The molecular formula is C17H22N4. The molecule has 0 N–H and O–H groups in total. The summed E-state index contributed by atoms with van der Waals surface area (Å²) in [7, 11) is 0. The monoisotopic (exact) mass is 282 g/mol. The molecule has 3 heterocycles. The van der Waals surface area contributed by atoms with E-state index < -0.39 is 0 Å². The molecule has 1 unspecified atom stereocenters. The Labute approximate surface area is 125 Å². The van der Waals surface area contributed by atoms with Gasteiger partial charge in [0.05, 0.1) is 12.6 Å². The van der Waals surface area contributed by atoms with E-state index in [2.05, 4.69) is 50.9 Å². The topological polar surface area (TPSA) is 34.0 Å². The van der Waals surface area contributed by atoms with E-state index in [1.54, 1.807) is 0 Å². The van der Waals surface area contributed by atoms with Crippen molar-refractivity contribution in [3.63, 3.8) is 0 Å². The van der Waals surface area contributed by atoms with Crippen LogP contribution in [0.5, 0.6) is 0 Å². The fraction of sp³-hybridized carbons (Fsp3) is 0.529. The summed E-state index contributed by atoms with van der Waals surface area (Å²) in [5.74, 6) is 2.29. The second-order valence-corrected chi connectivity index (χ2v) is 6.25. The molecule has 110 valence electrons. The average molecular weight is 282 g/mol. The van der Waals surface area contributed by atoms with E-state index in [-0.39, 0.29) is 0 Å². The molecule has 1 aromatic heterocycles. The summed E-state index contributed by atoms with van der Waals surface area (Å²) in [5.41, 5.74) is 2.88. The molecule has 0 aliphatic carbocycles. The Balaban J connectivity index is 1.69. The number of rotatable bonds is 2. The summed E-state index contributed by atoms with van der Waals surface area (Å²) >= 11 is 0. The van der Waals surface area contributed by atoms with Crippen molar-refractivity contribution in [2.75, 3.05) is 13.1 Å². The summed E-state index contributed by atoms with van der Waals surface area (Å²) in [5, 5.41) is 9.01. The average Bonchev–Trinajstić information content (AvgIpc) is 3.13. The number of aryl methyl sites for hydroxylation is 2. The quantitative estimate of drug-likeness (QED) is 0.849. The largest absolute Gasteiger partial charge is 0.309 e. The van der Waals surface area contributed by atoms with E-state index >= 15 is 0 Å². The van der Waals surface area contributed by atoms with E-state index in [4.69, 9.17) is 0 Å². The number of likely N-dealkylation sites (tertiary alicyclic amines) is 1. The molecule has 0 saturated carbocycles. The Morgan fingerprint density at radius 1 is 1.00 bits per heavy atom. The third kappa shape index (κ3) is 2.27. The second kappa shape index (κ2) is 5.26. The number of nitrogens with zero attached hydrogens (tertiary/aromatic N) is 4. The maximum atomic E-state index is 4.53. The molecule has 21 heavy (non-hydrogen) atoms. The van der Waals surface area contributed by atoms with Crippen LogP contribution in [-0.2, 0) is 19.4 Å². The molecular weight excluding hydrogens is 260 g/mol. The van der Waals surface area contributed by atoms with E-state index in [1.807, 2.05) is 0 Å². The molecule has 2 aliphatic rings. The van der Waals surface area contributed by atoms with Crippen LogP contribution in [0.2, 0.25) is 0 Å². The molecule has 4 rings (SSSR count). The minimum absolute atomic E-state index is 0.374. The smallest absolute Gasteiger partial charge is 0.150 e. The van der Waals surface area contributed by atoms with Crippen molar-refractivity contribution in [2.45, 2.75) is 45.2 Å². The van der Waals surface area contributed by atoms with Gasteiger partial charge in [-0.3, -0.25) is 4.90 Å². The van der Waals surface area contributed by atoms with Gasteiger partial charge in [-0.15, -0.1) is 10.2 Å². The van der Waals surface area contributed by atoms with Crippen molar-refractivity contribution in [1.82, 2.24) is 19.7 Å². The lowest BCUT2D eigenvalue weighted by Gasteiger charge is -2.23. The third-order valence-electron chi connectivity index (χ3n) is 4.98. The Morgan fingerprint density at radius 3 is 2.57 bits per heavy atom. The molecule has 2 aromatic rings. The van der Waals surface area contributed by atoms with Crippen LogP contribution >= 0.6 is 0 Å². The van der Waals surface area contributed by atoms with Crippen molar-refractivity contribution in [3.8, 4) is 0 Å². The van der Waals surface area contributed by atoms with Crippen molar-refractivity contribution in [1.29, 1.82) is 0 Å². The van der Waals surface area contributed by atoms with E-state index in [0.717, 1.165) is 31.0 Å². The highest BCUT2D eigenvalue weighted by molar-refractivity contribution is 5.30.